The molecule has 0 spiro atoms. The van der Waals surface area contributed by atoms with Crippen LogP contribution in [-0.2, 0) is 19.2 Å². The van der Waals surface area contributed by atoms with Gasteiger partial charge >= 0.3 is 5.97 Å². The molecule has 1 saturated carbocycles. The van der Waals surface area contributed by atoms with Crippen LogP contribution in [0.3, 0.4) is 0 Å². The highest BCUT2D eigenvalue weighted by atomic mass is 16.5. The van der Waals surface area contributed by atoms with Crippen LogP contribution in [-0.4, -0.2) is 30.2 Å². The third-order valence-corrected chi connectivity index (χ3v) is 7.48. The zero-order chi connectivity index (χ0) is 24.9. The number of hydrogen-bond donors (Lipinski definition) is 0. The van der Waals surface area contributed by atoms with Crippen LogP contribution in [0.15, 0.2) is 42.5 Å². The maximum absolute atomic E-state index is 12.9. The molecular weight excluding hydrogens is 444 g/mol. The van der Waals surface area contributed by atoms with E-state index in [1.165, 1.54) is 4.90 Å². The van der Waals surface area contributed by atoms with E-state index in [9.17, 15) is 19.2 Å². The molecule has 0 bridgehead atoms. The molecule has 7 heteroatoms. The summed E-state index contributed by atoms with van der Waals surface area (Å²) < 4.78 is 5.55. The summed E-state index contributed by atoms with van der Waals surface area (Å²) in [7, 11) is 0. The van der Waals surface area contributed by atoms with Gasteiger partial charge in [-0.25, -0.2) is 0 Å². The molecule has 3 amide bonds. The molecule has 0 aromatic heterocycles. The van der Waals surface area contributed by atoms with Gasteiger partial charge in [-0.3, -0.25) is 24.1 Å². The molecule has 35 heavy (non-hydrogen) atoms. The molecule has 0 radical (unpaired) electrons. The monoisotopic (exact) mass is 474 g/mol. The van der Waals surface area contributed by atoms with Crippen LogP contribution in [0, 0.1) is 37.5 Å². The van der Waals surface area contributed by atoms with Crippen LogP contribution in [0.4, 0.5) is 11.4 Å². The summed E-state index contributed by atoms with van der Waals surface area (Å²) in [4.78, 5) is 54.2. The van der Waals surface area contributed by atoms with Crippen molar-refractivity contribution in [3.05, 3.63) is 53.6 Å². The van der Waals surface area contributed by atoms with Gasteiger partial charge in [-0.2, -0.15) is 0 Å². The van der Waals surface area contributed by atoms with Crippen LogP contribution < -0.4 is 14.5 Å². The van der Waals surface area contributed by atoms with Gasteiger partial charge in [0, 0.05) is 18.7 Å². The molecule has 3 aliphatic rings. The molecule has 2 aromatic carbocycles. The molecular formula is C28H30N2O5. The number of imide groups is 1. The number of amides is 3. The molecule has 7 nitrogen and oxygen atoms in total. The third kappa shape index (κ3) is 4.35. The fourth-order valence-corrected chi connectivity index (χ4v) is 5.73. The van der Waals surface area contributed by atoms with Crippen molar-refractivity contribution in [3.8, 4) is 5.75 Å². The Morgan fingerprint density at radius 1 is 0.886 bits per heavy atom. The molecule has 2 heterocycles. The van der Waals surface area contributed by atoms with Crippen molar-refractivity contribution in [1.29, 1.82) is 0 Å². The second-order valence-electron chi connectivity index (χ2n) is 10.3. The lowest BCUT2D eigenvalue weighted by atomic mass is 9.76. The Hall–Kier alpha value is -3.48. The smallest absolute Gasteiger partial charge is 0.316 e. The highest BCUT2D eigenvalue weighted by molar-refractivity contribution is 6.22. The van der Waals surface area contributed by atoms with E-state index in [-0.39, 0.29) is 42.5 Å². The van der Waals surface area contributed by atoms with E-state index in [2.05, 4.69) is 6.92 Å². The number of esters is 1. The van der Waals surface area contributed by atoms with Crippen molar-refractivity contribution in [1.82, 2.24) is 0 Å². The Kier molecular flexibility index (Phi) is 5.95. The minimum atomic E-state index is -0.560. The first-order valence-electron chi connectivity index (χ1n) is 12.3. The van der Waals surface area contributed by atoms with Crippen LogP contribution in [0.25, 0.3) is 0 Å². The van der Waals surface area contributed by atoms with Crippen LogP contribution >= 0.6 is 0 Å². The number of aryl methyl sites for hydroxylation is 2. The molecule has 0 unspecified atom stereocenters. The molecule has 2 aromatic rings. The number of fused-ring (bicyclic) bond motifs is 1. The lowest BCUT2D eigenvalue weighted by Crippen LogP contribution is -2.30. The predicted octanol–water partition coefficient (Wildman–Crippen LogP) is 4.19. The summed E-state index contributed by atoms with van der Waals surface area (Å²) >= 11 is 0. The van der Waals surface area contributed by atoms with Crippen molar-refractivity contribution >= 4 is 35.1 Å². The van der Waals surface area contributed by atoms with E-state index in [1.807, 2.05) is 32.0 Å². The number of anilines is 2. The summed E-state index contributed by atoms with van der Waals surface area (Å²) in [6, 6.07) is 12.4. The van der Waals surface area contributed by atoms with Crippen molar-refractivity contribution in [2.24, 2.45) is 23.7 Å². The Morgan fingerprint density at radius 3 is 2.23 bits per heavy atom. The molecule has 3 fully saturated rings. The van der Waals surface area contributed by atoms with Gasteiger partial charge in [0.25, 0.3) is 0 Å². The van der Waals surface area contributed by atoms with E-state index in [4.69, 9.17) is 4.74 Å². The normalized spacial score (nSPS) is 26.3. The fraction of sp³-hybridized carbons (Fsp3) is 0.429. The van der Waals surface area contributed by atoms with E-state index in [1.54, 1.807) is 29.2 Å². The van der Waals surface area contributed by atoms with Gasteiger partial charge in [0.2, 0.25) is 17.7 Å². The van der Waals surface area contributed by atoms with Crippen LogP contribution in [0.5, 0.6) is 5.75 Å². The summed E-state index contributed by atoms with van der Waals surface area (Å²) in [5.74, 6) is -1.08. The summed E-state index contributed by atoms with van der Waals surface area (Å²) in [6.07, 6.45) is 2.57. The third-order valence-electron chi connectivity index (χ3n) is 7.48. The molecule has 0 N–H and O–H groups in total. The standard InChI is InChI=1S/C28H30N2O5/c1-16-4-9-23-24(13-16)27(33)30(26(23)32)20-5-7-22(8-6-20)35-28(34)19-14-25(31)29(15-19)21-11-17(2)10-18(3)12-21/h5-8,10-12,16,19,23-24H,4,9,13-15H2,1-3H3/t16-,19+,23+,24+/m1/s1. The van der Waals surface area contributed by atoms with Gasteiger partial charge in [-0.1, -0.05) is 13.0 Å². The number of rotatable bonds is 4. The zero-order valence-electron chi connectivity index (χ0n) is 20.3. The number of carbonyl (C=O) groups is 4. The van der Waals surface area contributed by atoms with Crippen molar-refractivity contribution in [2.75, 3.05) is 16.3 Å². The van der Waals surface area contributed by atoms with Crippen molar-refractivity contribution in [3.63, 3.8) is 0 Å². The largest absolute Gasteiger partial charge is 0.426 e. The molecule has 5 rings (SSSR count). The maximum atomic E-state index is 12.9. The zero-order valence-corrected chi connectivity index (χ0v) is 20.3. The molecule has 2 saturated heterocycles. The average Bonchev–Trinajstić information content (AvgIpc) is 3.31. The Labute approximate surface area is 205 Å². The first kappa shape index (κ1) is 23.3. The summed E-state index contributed by atoms with van der Waals surface area (Å²) in [6.45, 7) is 6.35. The molecule has 1 aliphatic carbocycles. The van der Waals surface area contributed by atoms with Crippen molar-refractivity contribution in [2.45, 2.75) is 46.5 Å². The number of hydrogen-bond acceptors (Lipinski definition) is 5. The van der Waals surface area contributed by atoms with Crippen LogP contribution in [0.1, 0.15) is 43.7 Å². The summed E-state index contributed by atoms with van der Waals surface area (Å²) in [5, 5.41) is 0. The molecule has 2 aliphatic heterocycles. The van der Waals surface area contributed by atoms with Gasteiger partial charge in [0.05, 0.1) is 23.4 Å². The fourth-order valence-electron chi connectivity index (χ4n) is 5.73. The van der Waals surface area contributed by atoms with Gasteiger partial charge in [0.1, 0.15) is 5.75 Å². The van der Waals surface area contributed by atoms with Gasteiger partial charge in [-0.15, -0.1) is 0 Å². The Morgan fingerprint density at radius 2 is 1.54 bits per heavy atom. The lowest BCUT2D eigenvalue weighted by Gasteiger charge is -2.25. The lowest BCUT2D eigenvalue weighted by molar-refractivity contribution is -0.139. The first-order valence-corrected chi connectivity index (χ1v) is 12.3. The second-order valence-corrected chi connectivity index (χ2v) is 10.3. The highest BCUT2D eigenvalue weighted by Crippen LogP contribution is 2.42. The van der Waals surface area contributed by atoms with E-state index in [0.29, 0.717) is 17.4 Å². The summed E-state index contributed by atoms with van der Waals surface area (Å²) in [5.41, 5.74) is 3.41. The number of ether oxygens (including phenoxy) is 1. The molecule has 4 atom stereocenters. The number of nitrogens with zero attached hydrogens (tertiary/aromatic N) is 2. The topological polar surface area (TPSA) is 84.0 Å². The van der Waals surface area contributed by atoms with Crippen molar-refractivity contribution < 1.29 is 23.9 Å². The first-order chi connectivity index (χ1) is 16.7. The maximum Gasteiger partial charge on any atom is 0.316 e. The quantitative estimate of drug-likeness (QED) is 0.377. The predicted molar refractivity (Wildman–Crippen MR) is 131 cm³/mol. The van der Waals surface area contributed by atoms with Gasteiger partial charge in [0.15, 0.2) is 0 Å². The van der Waals surface area contributed by atoms with E-state index >= 15 is 0 Å². The highest BCUT2D eigenvalue weighted by Gasteiger charge is 2.50. The molecule has 182 valence electrons. The average molecular weight is 475 g/mol. The Balaban J connectivity index is 1.25. The van der Waals surface area contributed by atoms with Crippen LogP contribution in [0.2, 0.25) is 0 Å². The number of benzene rings is 2. The minimum Gasteiger partial charge on any atom is -0.426 e. The van der Waals surface area contributed by atoms with E-state index in [0.717, 1.165) is 36.1 Å². The van der Waals surface area contributed by atoms with Gasteiger partial charge < -0.3 is 9.64 Å². The second kappa shape index (κ2) is 8.95. The Bertz CT molecular complexity index is 1180. The van der Waals surface area contributed by atoms with Gasteiger partial charge in [-0.05, 0) is 86.6 Å². The SMILES string of the molecule is Cc1cc(C)cc(N2C[C@@H](C(=O)Oc3ccc(N4C(=O)[C@H]5CC[C@@H](C)C[C@@H]5C4=O)cc3)CC2=O)c1. The minimum absolute atomic E-state index is 0.0991. The number of carbonyl (C=O) groups excluding carboxylic acids is 4. The van der Waals surface area contributed by atoms with E-state index < -0.39 is 11.9 Å².